The summed E-state index contributed by atoms with van der Waals surface area (Å²) >= 11 is 3.96. The van der Waals surface area contributed by atoms with Crippen molar-refractivity contribution in [1.82, 2.24) is 9.80 Å². The Morgan fingerprint density at radius 2 is 1.75 bits per heavy atom. The summed E-state index contributed by atoms with van der Waals surface area (Å²) in [6.45, 7) is 3.69. The van der Waals surface area contributed by atoms with Gasteiger partial charge in [0.2, 0.25) is 0 Å². The minimum atomic E-state index is -0.432. The molecule has 0 atom stereocenters. The van der Waals surface area contributed by atoms with E-state index in [9.17, 15) is 9.59 Å². The summed E-state index contributed by atoms with van der Waals surface area (Å²) in [6.07, 6.45) is 0. The van der Waals surface area contributed by atoms with E-state index in [-0.39, 0.29) is 0 Å². The lowest BCUT2D eigenvalue weighted by Crippen LogP contribution is -2.53. The normalized spacial score (nSPS) is 18.8. The molecule has 0 radical (unpaired) electrons. The van der Waals surface area contributed by atoms with Gasteiger partial charge in [0.25, 0.3) is 0 Å². The van der Waals surface area contributed by atoms with Gasteiger partial charge in [0, 0.05) is 19.6 Å². The molecular formula is C7H12N2O2S. The fourth-order valence-corrected chi connectivity index (χ4v) is 1.42. The Kier molecular flexibility index (Phi) is 2.97. The number of likely N-dealkylation sites (N-methyl/N-ethyl adjacent to an activating group) is 1. The first kappa shape index (κ1) is 9.38. The zero-order valence-electron chi connectivity index (χ0n) is 6.99. The summed E-state index contributed by atoms with van der Waals surface area (Å²) in [5.41, 5.74) is 0. The first-order valence-electron chi connectivity index (χ1n) is 3.89. The van der Waals surface area contributed by atoms with Crippen molar-refractivity contribution in [2.45, 2.75) is 6.92 Å². The van der Waals surface area contributed by atoms with Gasteiger partial charge in [-0.05, 0) is 6.92 Å². The molecule has 0 unspecified atom stereocenters. The van der Waals surface area contributed by atoms with Crippen LogP contribution in [0.25, 0.3) is 0 Å². The van der Waals surface area contributed by atoms with E-state index >= 15 is 0 Å². The van der Waals surface area contributed by atoms with Crippen molar-refractivity contribution in [1.29, 1.82) is 0 Å². The van der Waals surface area contributed by atoms with E-state index in [1.807, 2.05) is 6.92 Å². The van der Waals surface area contributed by atoms with Gasteiger partial charge in [0.15, 0.2) is 0 Å². The molecule has 0 aromatic carbocycles. The Balaban J connectivity index is 2.65. The molecule has 2 amide bonds. The lowest BCUT2D eigenvalue weighted by molar-refractivity contribution is -0.155. The van der Waals surface area contributed by atoms with E-state index in [2.05, 4.69) is 12.6 Å². The van der Waals surface area contributed by atoms with Crippen LogP contribution in [0.1, 0.15) is 6.92 Å². The second kappa shape index (κ2) is 3.80. The average Bonchev–Trinajstić information content (AvgIpc) is 2.10. The van der Waals surface area contributed by atoms with E-state index < -0.39 is 11.8 Å². The van der Waals surface area contributed by atoms with Crippen LogP contribution in [0.5, 0.6) is 0 Å². The zero-order valence-corrected chi connectivity index (χ0v) is 7.88. The average molecular weight is 188 g/mol. The minimum absolute atomic E-state index is 0.322. The predicted octanol–water partition coefficient (Wildman–Crippen LogP) is -0.436. The number of thiol groups is 1. The maximum absolute atomic E-state index is 11.2. The number of amides is 2. The maximum Gasteiger partial charge on any atom is 0.312 e. The second-order valence-electron chi connectivity index (χ2n) is 2.59. The van der Waals surface area contributed by atoms with Gasteiger partial charge in [-0.15, -0.1) is 0 Å². The molecule has 5 heteroatoms. The van der Waals surface area contributed by atoms with Crippen LogP contribution in [0, 0.1) is 0 Å². The van der Waals surface area contributed by atoms with Gasteiger partial charge in [-0.2, -0.15) is 12.6 Å². The van der Waals surface area contributed by atoms with E-state index in [4.69, 9.17) is 0 Å². The number of carbonyl (C=O) groups is 2. The highest BCUT2D eigenvalue weighted by Crippen LogP contribution is 2.04. The molecule has 0 aromatic rings. The Labute approximate surface area is 76.9 Å². The monoisotopic (exact) mass is 188 g/mol. The molecule has 68 valence electrons. The Morgan fingerprint density at radius 3 is 2.25 bits per heavy atom. The van der Waals surface area contributed by atoms with Gasteiger partial charge < -0.3 is 9.80 Å². The van der Waals surface area contributed by atoms with Crippen LogP contribution in [0.4, 0.5) is 0 Å². The van der Waals surface area contributed by atoms with Crippen LogP contribution in [-0.4, -0.2) is 47.1 Å². The van der Waals surface area contributed by atoms with Crippen molar-refractivity contribution in [2.24, 2.45) is 0 Å². The lowest BCUT2D eigenvalue weighted by atomic mass is 10.3. The molecule has 0 bridgehead atoms. The van der Waals surface area contributed by atoms with Crippen LogP contribution >= 0.6 is 12.6 Å². The highest BCUT2D eigenvalue weighted by Gasteiger charge is 2.30. The molecule has 4 nitrogen and oxygen atoms in total. The van der Waals surface area contributed by atoms with E-state index in [1.54, 1.807) is 4.90 Å². The molecule has 1 heterocycles. The van der Waals surface area contributed by atoms with Gasteiger partial charge in [-0.3, -0.25) is 9.59 Å². The third kappa shape index (κ3) is 1.55. The van der Waals surface area contributed by atoms with Crippen LogP contribution in [-0.2, 0) is 9.59 Å². The molecule has 1 saturated heterocycles. The van der Waals surface area contributed by atoms with Crippen LogP contribution in [0.3, 0.4) is 0 Å². The Bertz CT molecular complexity index is 186. The quantitative estimate of drug-likeness (QED) is 0.471. The molecule has 1 aliphatic rings. The van der Waals surface area contributed by atoms with Crippen molar-refractivity contribution in [3.63, 3.8) is 0 Å². The van der Waals surface area contributed by atoms with Gasteiger partial charge in [0.05, 0.1) is 5.88 Å². The molecule has 1 rings (SSSR count). The largest absolute Gasteiger partial charge is 0.333 e. The standard InChI is InChI=1S/C7H12N2O2S/c1-2-8-3-4-9(5-12)7(11)6(8)10/h12H,2-5H2,1H3. The number of nitrogens with zero attached hydrogens (tertiary/aromatic N) is 2. The van der Waals surface area contributed by atoms with Crippen molar-refractivity contribution < 1.29 is 9.59 Å². The first-order chi connectivity index (χ1) is 5.70. The van der Waals surface area contributed by atoms with Gasteiger partial charge >= 0.3 is 11.8 Å². The molecular weight excluding hydrogens is 176 g/mol. The number of piperazine rings is 1. The fraction of sp³-hybridized carbons (Fsp3) is 0.714. The molecule has 12 heavy (non-hydrogen) atoms. The van der Waals surface area contributed by atoms with Gasteiger partial charge in [0.1, 0.15) is 0 Å². The summed E-state index contributed by atoms with van der Waals surface area (Å²) in [7, 11) is 0. The summed E-state index contributed by atoms with van der Waals surface area (Å²) in [6, 6.07) is 0. The second-order valence-corrected chi connectivity index (χ2v) is 2.88. The van der Waals surface area contributed by atoms with Crippen molar-refractivity contribution in [3.8, 4) is 0 Å². The molecule has 0 spiro atoms. The zero-order chi connectivity index (χ0) is 9.14. The molecule has 1 aliphatic heterocycles. The van der Waals surface area contributed by atoms with Gasteiger partial charge in [-0.1, -0.05) is 0 Å². The number of rotatable bonds is 2. The fourth-order valence-electron chi connectivity index (χ4n) is 1.15. The molecule has 0 N–H and O–H groups in total. The molecule has 0 aliphatic carbocycles. The third-order valence-corrected chi connectivity index (χ3v) is 2.29. The Hall–Kier alpha value is -0.710. The molecule has 1 fully saturated rings. The minimum Gasteiger partial charge on any atom is -0.333 e. The number of hydrogen-bond donors (Lipinski definition) is 1. The van der Waals surface area contributed by atoms with E-state index in [0.717, 1.165) is 0 Å². The Morgan fingerprint density at radius 1 is 1.25 bits per heavy atom. The summed E-state index contributed by atoms with van der Waals surface area (Å²) < 4.78 is 0. The SMILES string of the molecule is CCN1CCN(CS)C(=O)C1=O. The van der Waals surface area contributed by atoms with E-state index in [0.29, 0.717) is 25.5 Å². The molecule has 0 aromatic heterocycles. The number of carbonyl (C=O) groups excluding carboxylic acids is 2. The van der Waals surface area contributed by atoms with E-state index in [1.165, 1.54) is 4.90 Å². The highest BCUT2D eigenvalue weighted by atomic mass is 32.1. The maximum atomic E-state index is 11.2. The van der Waals surface area contributed by atoms with Crippen molar-refractivity contribution in [3.05, 3.63) is 0 Å². The van der Waals surface area contributed by atoms with Crippen LogP contribution in [0.15, 0.2) is 0 Å². The van der Waals surface area contributed by atoms with Gasteiger partial charge in [-0.25, -0.2) is 0 Å². The van der Waals surface area contributed by atoms with Crippen LogP contribution in [0.2, 0.25) is 0 Å². The molecule has 0 saturated carbocycles. The first-order valence-corrected chi connectivity index (χ1v) is 4.53. The van der Waals surface area contributed by atoms with Crippen molar-refractivity contribution >= 4 is 24.4 Å². The third-order valence-electron chi connectivity index (χ3n) is 1.95. The summed E-state index contributed by atoms with van der Waals surface area (Å²) in [5.74, 6) is -0.516. The predicted molar refractivity (Wildman–Crippen MR) is 47.8 cm³/mol. The van der Waals surface area contributed by atoms with Crippen molar-refractivity contribution in [2.75, 3.05) is 25.5 Å². The lowest BCUT2D eigenvalue weighted by Gasteiger charge is -2.31. The number of hydrogen-bond acceptors (Lipinski definition) is 3. The summed E-state index contributed by atoms with van der Waals surface area (Å²) in [5, 5.41) is 0. The highest BCUT2D eigenvalue weighted by molar-refractivity contribution is 7.80. The smallest absolute Gasteiger partial charge is 0.312 e. The topological polar surface area (TPSA) is 40.6 Å². The van der Waals surface area contributed by atoms with Crippen LogP contribution < -0.4 is 0 Å². The summed E-state index contributed by atoms with van der Waals surface area (Å²) in [4.78, 5) is 25.4.